The number of nitrogens with one attached hydrogen (secondary N) is 1. The number of carboxylic acid groups (broad SMARTS) is 1. The fraction of sp³-hybridized carbons (Fsp3) is 0.333. The maximum absolute atomic E-state index is 13.8. The Kier molecular flexibility index (Phi) is 10.1. The summed E-state index contributed by atoms with van der Waals surface area (Å²) in [5.74, 6) is -2.16. The van der Waals surface area contributed by atoms with Gasteiger partial charge in [0.05, 0.1) is 6.54 Å². The SMILES string of the molecule is CC(C)(C)c1ccc(C(=O)/C=C(\C(=O)c2ccc(C(=O)NC[C@@H](O)C(=O)O)cc2)c2ccc(C3CCCCC3)cc2)cc1. The van der Waals surface area contributed by atoms with Crippen LogP contribution in [0.5, 0.6) is 0 Å². The molecule has 0 radical (unpaired) electrons. The molecule has 4 rings (SSSR count). The molecule has 0 aliphatic heterocycles. The van der Waals surface area contributed by atoms with E-state index in [2.05, 4.69) is 26.1 Å². The smallest absolute Gasteiger partial charge is 0.334 e. The number of carbonyl (C=O) groups is 4. The summed E-state index contributed by atoms with van der Waals surface area (Å²) in [6, 6.07) is 21.2. The Morgan fingerprint density at radius 3 is 1.88 bits per heavy atom. The van der Waals surface area contributed by atoms with Crippen molar-refractivity contribution in [3.05, 3.63) is 112 Å². The number of amides is 1. The van der Waals surface area contributed by atoms with E-state index in [1.54, 1.807) is 12.1 Å². The van der Waals surface area contributed by atoms with Crippen LogP contribution in [-0.4, -0.2) is 46.3 Å². The van der Waals surface area contributed by atoms with E-state index < -0.39 is 24.5 Å². The average molecular weight is 582 g/mol. The van der Waals surface area contributed by atoms with Gasteiger partial charge in [0.15, 0.2) is 17.7 Å². The van der Waals surface area contributed by atoms with Gasteiger partial charge in [0, 0.05) is 22.3 Å². The molecule has 0 heterocycles. The van der Waals surface area contributed by atoms with E-state index in [4.69, 9.17) is 5.11 Å². The Labute approximate surface area is 252 Å². The quantitative estimate of drug-likeness (QED) is 0.189. The van der Waals surface area contributed by atoms with E-state index >= 15 is 0 Å². The maximum atomic E-state index is 13.8. The Hall–Kier alpha value is -4.36. The number of ketones is 2. The highest BCUT2D eigenvalue weighted by atomic mass is 16.4. The zero-order valence-corrected chi connectivity index (χ0v) is 24.9. The second-order valence-corrected chi connectivity index (χ2v) is 12.2. The highest BCUT2D eigenvalue weighted by Gasteiger charge is 2.21. The first-order valence-electron chi connectivity index (χ1n) is 14.7. The lowest BCUT2D eigenvalue weighted by atomic mass is 9.83. The van der Waals surface area contributed by atoms with Gasteiger partial charge in [-0.25, -0.2) is 4.79 Å². The molecule has 43 heavy (non-hydrogen) atoms. The van der Waals surface area contributed by atoms with Crippen LogP contribution in [0.3, 0.4) is 0 Å². The average Bonchev–Trinajstić information content (AvgIpc) is 3.02. The van der Waals surface area contributed by atoms with Gasteiger partial charge in [0.1, 0.15) is 0 Å². The molecule has 1 atom stereocenters. The molecule has 0 unspecified atom stereocenters. The van der Waals surface area contributed by atoms with Gasteiger partial charge in [-0.3, -0.25) is 14.4 Å². The Bertz CT molecular complexity index is 1490. The highest BCUT2D eigenvalue weighted by molar-refractivity contribution is 6.32. The van der Waals surface area contributed by atoms with Crippen LogP contribution in [0, 0.1) is 0 Å². The lowest BCUT2D eigenvalue weighted by molar-refractivity contribution is -0.146. The molecular weight excluding hydrogens is 542 g/mol. The van der Waals surface area contributed by atoms with Crippen molar-refractivity contribution in [1.82, 2.24) is 5.32 Å². The number of rotatable bonds is 10. The summed E-state index contributed by atoms with van der Waals surface area (Å²) in [4.78, 5) is 50.5. The lowest BCUT2D eigenvalue weighted by Gasteiger charge is -2.22. The minimum Gasteiger partial charge on any atom is -0.479 e. The lowest BCUT2D eigenvalue weighted by Crippen LogP contribution is -2.36. The summed E-state index contributed by atoms with van der Waals surface area (Å²) in [7, 11) is 0. The van der Waals surface area contributed by atoms with Crippen LogP contribution in [0.15, 0.2) is 78.9 Å². The molecule has 224 valence electrons. The van der Waals surface area contributed by atoms with E-state index in [0.717, 1.165) is 18.4 Å². The van der Waals surface area contributed by atoms with Gasteiger partial charge in [0.25, 0.3) is 5.91 Å². The van der Waals surface area contributed by atoms with Crippen LogP contribution in [-0.2, 0) is 10.2 Å². The van der Waals surface area contributed by atoms with E-state index in [1.807, 2.05) is 36.4 Å². The van der Waals surface area contributed by atoms with Gasteiger partial charge in [-0.2, -0.15) is 0 Å². The van der Waals surface area contributed by atoms with Crippen molar-refractivity contribution in [2.45, 2.75) is 70.3 Å². The number of carboxylic acids is 1. The molecule has 1 amide bonds. The fourth-order valence-electron chi connectivity index (χ4n) is 5.31. The zero-order chi connectivity index (χ0) is 31.1. The van der Waals surface area contributed by atoms with Gasteiger partial charge in [-0.1, -0.05) is 101 Å². The maximum Gasteiger partial charge on any atom is 0.334 e. The molecule has 1 saturated carbocycles. The van der Waals surface area contributed by atoms with Crippen LogP contribution in [0.2, 0.25) is 0 Å². The normalized spacial score (nSPS) is 15.0. The fourth-order valence-corrected chi connectivity index (χ4v) is 5.31. The van der Waals surface area contributed by atoms with Crippen LogP contribution in [0.4, 0.5) is 0 Å². The Balaban J connectivity index is 1.62. The minimum atomic E-state index is -1.72. The number of aliphatic carboxylic acids is 1. The molecule has 0 bridgehead atoms. The number of hydrogen-bond donors (Lipinski definition) is 3. The molecule has 1 aliphatic rings. The van der Waals surface area contributed by atoms with Crippen LogP contribution >= 0.6 is 0 Å². The highest BCUT2D eigenvalue weighted by Crippen LogP contribution is 2.33. The number of carbonyl (C=O) groups excluding carboxylic acids is 3. The summed E-state index contributed by atoms with van der Waals surface area (Å²) >= 11 is 0. The summed E-state index contributed by atoms with van der Waals surface area (Å²) in [5, 5.41) is 20.6. The predicted molar refractivity (Wildman–Crippen MR) is 166 cm³/mol. The molecule has 1 aliphatic carbocycles. The van der Waals surface area contributed by atoms with Crippen LogP contribution in [0.1, 0.15) is 107 Å². The summed E-state index contributed by atoms with van der Waals surface area (Å²) < 4.78 is 0. The van der Waals surface area contributed by atoms with Crippen LogP contribution in [0.25, 0.3) is 5.57 Å². The van der Waals surface area contributed by atoms with Crippen LogP contribution < -0.4 is 5.32 Å². The van der Waals surface area contributed by atoms with E-state index in [0.29, 0.717) is 22.6 Å². The molecule has 7 heteroatoms. The largest absolute Gasteiger partial charge is 0.479 e. The van der Waals surface area contributed by atoms with Gasteiger partial charge in [0.2, 0.25) is 0 Å². The molecule has 0 aromatic heterocycles. The molecule has 3 aromatic rings. The summed E-state index contributed by atoms with van der Waals surface area (Å²) in [6.45, 7) is 5.86. The first-order valence-corrected chi connectivity index (χ1v) is 14.7. The second kappa shape index (κ2) is 13.7. The summed E-state index contributed by atoms with van der Waals surface area (Å²) in [6.07, 6.45) is 5.67. The van der Waals surface area contributed by atoms with Gasteiger partial charge in [-0.15, -0.1) is 0 Å². The number of aliphatic hydroxyl groups excluding tert-OH is 1. The number of benzene rings is 3. The number of hydrogen-bond acceptors (Lipinski definition) is 5. The van der Waals surface area contributed by atoms with Crippen molar-refractivity contribution < 1.29 is 29.4 Å². The topological polar surface area (TPSA) is 121 Å². The van der Waals surface area contributed by atoms with Crippen molar-refractivity contribution in [2.75, 3.05) is 6.54 Å². The molecule has 7 nitrogen and oxygen atoms in total. The number of aliphatic hydroxyl groups is 1. The second-order valence-electron chi connectivity index (χ2n) is 12.2. The Morgan fingerprint density at radius 1 is 0.791 bits per heavy atom. The van der Waals surface area contributed by atoms with Crippen molar-refractivity contribution in [3.63, 3.8) is 0 Å². The standard InChI is InChI=1S/C36H39NO6/c1-36(2,3)29-19-17-26(18-20-29)31(38)21-30(25-11-9-24(10-12-25)23-7-5-4-6-8-23)33(40)27-13-15-28(16-14-27)34(41)37-22-32(39)35(42)43/h9-21,23,32,39H,4-8,22H2,1-3H3,(H,37,41)(H,42,43)/b30-21-/t32-/m1/s1. The van der Waals surface area contributed by atoms with Crippen molar-refractivity contribution in [2.24, 2.45) is 0 Å². The number of allylic oxidation sites excluding steroid dienone is 2. The van der Waals surface area contributed by atoms with Crippen molar-refractivity contribution >= 4 is 29.0 Å². The molecular formula is C36H39NO6. The number of Topliss-reactive ketones (excluding diaryl/α,β-unsaturated/α-hetero) is 1. The molecule has 3 N–H and O–H groups in total. The van der Waals surface area contributed by atoms with E-state index in [9.17, 15) is 24.3 Å². The summed E-state index contributed by atoms with van der Waals surface area (Å²) in [5.41, 5.74) is 4.14. The van der Waals surface area contributed by atoms with Gasteiger partial charge >= 0.3 is 5.97 Å². The first kappa shape index (κ1) is 31.6. The third-order valence-electron chi connectivity index (χ3n) is 8.00. The van der Waals surface area contributed by atoms with Gasteiger partial charge in [-0.05, 0) is 59.1 Å². The Morgan fingerprint density at radius 2 is 1.33 bits per heavy atom. The molecule has 0 spiro atoms. The third-order valence-corrected chi connectivity index (χ3v) is 8.00. The van der Waals surface area contributed by atoms with E-state index in [-0.39, 0.29) is 28.1 Å². The molecule has 3 aromatic carbocycles. The first-order chi connectivity index (χ1) is 20.4. The van der Waals surface area contributed by atoms with Crippen molar-refractivity contribution in [1.29, 1.82) is 0 Å². The van der Waals surface area contributed by atoms with Crippen molar-refractivity contribution in [3.8, 4) is 0 Å². The van der Waals surface area contributed by atoms with E-state index in [1.165, 1.54) is 55.2 Å². The third kappa shape index (κ3) is 8.14. The predicted octanol–water partition coefficient (Wildman–Crippen LogP) is 6.36. The monoisotopic (exact) mass is 581 g/mol. The zero-order valence-electron chi connectivity index (χ0n) is 24.9. The molecule has 0 saturated heterocycles. The molecule has 1 fully saturated rings. The van der Waals surface area contributed by atoms with Gasteiger partial charge < -0.3 is 15.5 Å². The minimum absolute atomic E-state index is 0.0578.